The number of nitrogens with one attached hydrogen (secondary N) is 1. The van der Waals surface area contributed by atoms with Crippen LogP contribution in [0.15, 0.2) is 30.5 Å². The third-order valence-electron chi connectivity index (χ3n) is 2.92. The highest BCUT2D eigenvalue weighted by atomic mass is 19.2. The molecular weight excluding hydrogens is 260 g/mol. The van der Waals surface area contributed by atoms with Gasteiger partial charge in [-0.1, -0.05) is 6.07 Å². The van der Waals surface area contributed by atoms with Crippen LogP contribution in [-0.4, -0.2) is 15.3 Å². The first-order valence-electron chi connectivity index (χ1n) is 6.55. The summed E-state index contributed by atoms with van der Waals surface area (Å²) in [6, 6.07) is 5.83. The van der Waals surface area contributed by atoms with Gasteiger partial charge in [0.1, 0.15) is 0 Å². The molecule has 3 nitrogen and oxygen atoms in total. The van der Waals surface area contributed by atoms with E-state index in [1.807, 2.05) is 6.07 Å². The number of hydrogen-bond acceptors (Lipinski definition) is 2. The Kier molecular flexibility index (Phi) is 4.18. The van der Waals surface area contributed by atoms with Gasteiger partial charge in [0.25, 0.3) is 0 Å². The van der Waals surface area contributed by atoms with Crippen molar-refractivity contribution < 1.29 is 8.78 Å². The van der Waals surface area contributed by atoms with E-state index in [4.69, 9.17) is 0 Å². The largest absolute Gasteiger partial charge is 0.306 e. The molecule has 0 saturated carbocycles. The van der Waals surface area contributed by atoms with Crippen molar-refractivity contribution >= 4 is 0 Å². The van der Waals surface area contributed by atoms with Crippen LogP contribution >= 0.6 is 0 Å². The average molecular weight is 279 g/mol. The topological polar surface area (TPSA) is 29.9 Å². The van der Waals surface area contributed by atoms with Gasteiger partial charge in [-0.25, -0.2) is 8.78 Å². The van der Waals surface area contributed by atoms with Crippen molar-refractivity contribution in [3.05, 3.63) is 53.4 Å². The van der Waals surface area contributed by atoms with E-state index in [-0.39, 0.29) is 5.54 Å². The van der Waals surface area contributed by atoms with Gasteiger partial charge in [0.05, 0.1) is 12.2 Å². The minimum atomic E-state index is -0.830. The van der Waals surface area contributed by atoms with Crippen LogP contribution in [0.25, 0.3) is 0 Å². The first kappa shape index (κ1) is 14.7. The zero-order valence-corrected chi connectivity index (χ0v) is 12.0. The molecule has 0 unspecified atom stereocenters. The van der Waals surface area contributed by atoms with Gasteiger partial charge >= 0.3 is 0 Å². The van der Waals surface area contributed by atoms with Crippen molar-refractivity contribution in [3.8, 4) is 0 Å². The summed E-state index contributed by atoms with van der Waals surface area (Å²) in [5.74, 6) is -1.66. The van der Waals surface area contributed by atoms with E-state index in [1.165, 1.54) is 6.07 Å². The summed E-state index contributed by atoms with van der Waals surface area (Å²) >= 11 is 0. The second-order valence-corrected chi connectivity index (χ2v) is 5.83. The van der Waals surface area contributed by atoms with E-state index in [0.29, 0.717) is 18.7 Å². The highest BCUT2D eigenvalue weighted by Crippen LogP contribution is 2.11. The summed E-state index contributed by atoms with van der Waals surface area (Å²) in [6.45, 7) is 7.35. The van der Waals surface area contributed by atoms with Gasteiger partial charge in [-0.15, -0.1) is 0 Å². The van der Waals surface area contributed by atoms with Crippen molar-refractivity contribution in [1.29, 1.82) is 0 Å². The lowest BCUT2D eigenvalue weighted by molar-refractivity contribution is 0.413. The number of halogens is 2. The van der Waals surface area contributed by atoms with E-state index >= 15 is 0 Å². The van der Waals surface area contributed by atoms with E-state index in [9.17, 15) is 8.78 Å². The summed E-state index contributed by atoms with van der Waals surface area (Å²) < 4.78 is 27.9. The zero-order chi connectivity index (χ0) is 14.8. The fourth-order valence-electron chi connectivity index (χ4n) is 1.82. The molecule has 0 spiro atoms. The van der Waals surface area contributed by atoms with Crippen molar-refractivity contribution in [2.24, 2.45) is 0 Å². The lowest BCUT2D eigenvalue weighted by Gasteiger charge is -2.20. The molecule has 108 valence electrons. The maximum Gasteiger partial charge on any atom is 0.159 e. The molecule has 2 aromatic rings. The van der Waals surface area contributed by atoms with Crippen molar-refractivity contribution in [2.75, 3.05) is 0 Å². The Labute approximate surface area is 117 Å². The van der Waals surface area contributed by atoms with Gasteiger partial charge in [0.15, 0.2) is 11.6 Å². The lowest BCUT2D eigenvalue weighted by Crippen LogP contribution is -2.35. The lowest BCUT2D eigenvalue weighted by atomic mass is 10.1. The Morgan fingerprint density at radius 2 is 1.90 bits per heavy atom. The maximum absolute atomic E-state index is 13.2. The quantitative estimate of drug-likeness (QED) is 0.932. The Hall–Kier alpha value is -1.75. The van der Waals surface area contributed by atoms with Crippen LogP contribution in [0.3, 0.4) is 0 Å². The maximum atomic E-state index is 13.2. The molecular formula is C15H19F2N3. The molecule has 2 rings (SSSR count). The Morgan fingerprint density at radius 3 is 2.55 bits per heavy atom. The normalized spacial score (nSPS) is 11.8. The molecule has 0 aliphatic carbocycles. The first-order valence-corrected chi connectivity index (χ1v) is 6.55. The number of benzene rings is 1. The molecule has 0 aliphatic heterocycles. The summed E-state index contributed by atoms with van der Waals surface area (Å²) in [7, 11) is 0. The van der Waals surface area contributed by atoms with Crippen LogP contribution in [0.1, 0.15) is 32.0 Å². The summed E-state index contributed by atoms with van der Waals surface area (Å²) in [5, 5.41) is 7.60. The highest BCUT2D eigenvalue weighted by molar-refractivity contribution is 5.18. The molecule has 0 saturated heterocycles. The predicted molar refractivity (Wildman–Crippen MR) is 74.3 cm³/mol. The van der Waals surface area contributed by atoms with Crippen molar-refractivity contribution in [3.63, 3.8) is 0 Å². The summed E-state index contributed by atoms with van der Waals surface area (Å²) in [6.07, 6.45) is 1.71. The summed E-state index contributed by atoms with van der Waals surface area (Å²) in [5.41, 5.74) is 1.70. The van der Waals surface area contributed by atoms with E-state index < -0.39 is 11.6 Å². The zero-order valence-electron chi connectivity index (χ0n) is 12.0. The number of aromatic nitrogens is 2. The van der Waals surface area contributed by atoms with Gasteiger partial charge in [-0.05, 0) is 44.5 Å². The molecule has 1 heterocycles. The number of hydrogen-bond donors (Lipinski definition) is 1. The van der Waals surface area contributed by atoms with Gasteiger partial charge in [0, 0.05) is 18.3 Å². The molecule has 0 atom stereocenters. The molecule has 0 bridgehead atoms. The monoisotopic (exact) mass is 279 g/mol. The van der Waals surface area contributed by atoms with Gasteiger partial charge in [-0.3, -0.25) is 4.68 Å². The molecule has 20 heavy (non-hydrogen) atoms. The first-order chi connectivity index (χ1) is 9.35. The van der Waals surface area contributed by atoms with Crippen LogP contribution in [-0.2, 0) is 13.1 Å². The van der Waals surface area contributed by atoms with E-state index in [2.05, 4.69) is 31.2 Å². The minimum absolute atomic E-state index is 0.0110. The average Bonchev–Trinajstić information content (AvgIpc) is 2.78. The molecule has 1 N–H and O–H groups in total. The van der Waals surface area contributed by atoms with Crippen molar-refractivity contribution in [1.82, 2.24) is 15.1 Å². The minimum Gasteiger partial charge on any atom is -0.306 e. The molecule has 5 heteroatoms. The SMILES string of the molecule is CC(C)(C)NCc1ccnn1Cc1ccc(F)c(F)c1. The molecule has 0 aliphatic rings. The van der Waals surface area contributed by atoms with Crippen LogP contribution in [0, 0.1) is 11.6 Å². The Morgan fingerprint density at radius 1 is 1.15 bits per heavy atom. The Bertz CT molecular complexity index is 585. The van der Waals surface area contributed by atoms with Crippen LogP contribution in [0.2, 0.25) is 0 Å². The van der Waals surface area contributed by atoms with Crippen LogP contribution < -0.4 is 5.32 Å². The molecule has 1 aromatic heterocycles. The fraction of sp³-hybridized carbons (Fsp3) is 0.400. The number of nitrogens with zero attached hydrogens (tertiary/aromatic N) is 2. The van der Waals surface area contributed by atoms with Gasteiger partial charge < -0.3 is 5.32 Å². The van der Waals surface area contributed by atoms with Crippen molar-refractivity contribution in [2.45, 2.75) is 39.4 Å². The second kappa shape index (κ2) is 5.71. The third kappa shape index (κ3) is 3.87. The predicted octanol–water partition coefficient (Wildman–Crippen LogP) is 3.10. The fourth-order valence-corrected chi connectivity index (χ4v) is 1.82. The highest BCUT2D eigenvalue weighted by Gasteiger charge is 2.11. The third-order valence-corrected chi connectivity index (χ3v) is 2.92. The molecule has 1 aromatic carbocycles. The van der Waals surface area contributed by atoms with Crippen LogP contribution in [0.5, 0.6) is 0 Å². The molecule has 0 amide bonds. The van der Waals surface area contributed by atoms with Gasteiger partial charge in [0.2, 0.25) is 0 Å². The second-order valence-electron chi connectivity index (χ2n) is 5.83. The summed E-state index contributed by atoms with van der Waals surface area (Å²) in [4.78, 5) is 0. The molecule has 0 fully saturated rings. The molecule has 0 radical (unpaired) electrons. The van der Waals surface area contributed by atoms with E-state index in [1.54, 1.807) is 16.9 Å². The number of rotatable bonds is 4. The van der Waals surface area contributed by atoms with Crippen LogP contribution in [0.4, 0.5) is 8.78 Å². The smallest absolute Gasteiger partial charge is 0.159 e. The standard InChI is InChI=1S/C15H19F2N3/c1-15(2,3)18-9-12-6-7-19-20(12)10-11-4-5-13(16)14(17)8-11/h4-8,18H,9-10H2,1-3H3. The van der Waals surface area contributed by atoms with E-state index in [0.717, 1.165) is 11.8 Å². The Balaban J connectivity index is 2.10. The van der Waals surface area contributed by atoms with Gasteiger partial charge in [-0.2, -0.15) is 5.10 Å².